The van der Waals surface area contributed by atoms with Crippen LogP contribution in [0.15, 0.2) is 18.2 Å². The van der Waals surface area contributed by atoms with E-state index in [0.29, 0.717) is 32.5 Å². The third-order valence-electron chi connectivity index (χ3n) is 3.84. The van der Waals surface area contributed by atoms with Gasteiger partial charge in [0.1, 0.15) is 11.5 Å². The highest BCUT2D eigenvalue weighted by molar-refractivity contribution is 5.93. The summed E-state index contributed by atoms with van der Waals surface area (Å²) in [5, 5.41) is 5.37. The number of nitrogens with one attached hydrogen (secondary N) is 2. The standard InChI is InChI=1S/C17H24N4O5/c1-3-25-16(23)20-14-7-5-6-13(19-14)15(22)18-12-8-10-21(11-9-12)17(24)26-4-2/h5-7,12H,3-4,8-11H2,1-2H3,(H,18,22)(H,19,20,23). The second kappa shape index (κ2) is 9.59. The number of aromatic nitrogens is 1. The summed E-state index contributed by atoms with van der Waals surface area (Å²) in [5.41, 5.74) is 0.201. The van der Waals surface area contributed by atoms with Gasteiger partial charge in [0.15, 0.2) is 0 Å². The second-order valence-corrected chi connectivity index (χ2v) is 5.69. The minimum atomic E-state index is -0.621. The maximum atomic E-state index is 12.4. The van der Waals surface area contributed by atoms with Crippen molar-refractivity contribution in [2.75, 3.05) is 31.6 Å². The van der Waals surface area contributed by atoms with Gasteiger partial charge in [-0.05, 0) is 38.8 Å². The normalized spacial score (nSPS) is 14.5. The van der Waals surface area contributed by atoms with Crippen molar-refractivity contribution in [2.24, 2.45) is 0 Å². The lowest BCUT2D eigenvalue weighted by Crippen LogP contribution is -2.46. The summed E-state index contributed by atoms with van der Waals surface area (Å²) >= 11 is 0. The summed E-state index contributed by atoms with van der Waals surface area (Å²) in [6, 6.07) is 4.73. The summed E-state index contributed by atoms with van der Waals surface area (Å²) in [7, 11) is 0. The number of piperidine rings is 1. The maximum Gasteiger partial charge on any atom is 0.412 e. The summed E-state index contributed by atoms with van der Waals surface area (Å²) < 4.78 is 9.76. The molecule has 1 aliphatic heterocycles. The van der Waals surface area contributed by atoms with E-state index in [0.717, 1.165) is 0 Å². The van der Waals surface area contributed by atoms with Crippen LogP contribution >= 0.6 is 0 Å². The number of carbonyl (C=O) groups is 3. The molecular formula is C17H24N4O5. The maximum absolute atomic E-state index is 12.4. The number of anilines is 1. The van der Waals surface area contributed by atoms with Crippen LogP contribution in [-0.2, 0) is 9.47 Å². The molecule has 9 heteroatoms. The largest absolute Gasteiger partial charge is 0.450 e. The molecule has 9 nitrogen and oxygen atoms in total. The highest BCUT2D eigenvalue weighted by Gasteiger charge is 2.25. The molecule has 0 aromatic carbocycles. The SMILES string of the molecule is CCOC(=O)Nc1cccc(C(=O)NC2CCN(C(=O)OCC)CC2)n1. The van der Waals surface area contributed by atoms with Crippen molar-refractivity contribution in [3.63, 3.8) is 0 Å². The van der Waals surface area contributed by atoms with E-state index in [1.54, 1.807) is 36.9 Å². The molecule has 0 aliphatic carbocycles. The van der Waals surface area contributed by atoms with Crippen LogP contribution in [0.3, 0.4) is 0 Å². The lowest BCUT2D eigenvalue weighted by molar-refractivity contribution is 0.0856. The molecule has 0 atom stereocenters. The molecule has 142 valence electrons. The minimum absolute atomic E-state index is 0.0448. The Morgan fingerprint density at radius 2 is 1.85 bits per heavy atom. The van der Waals surface area contributed by atoms with Crippen LogP contribution in [0.5, 0.6) is 0 Å². The zero-order chi connectivity index (χ0) is 18.9. The van der Waals surface area contributed by atoms with Gasteiger partial charge >= 0.3 is 12.2 Å². The van der Waals surface area contributed by atoms with Crippen molar-refractivity contribution >= 4 is 23.9 Å². The molecule has 1 aromatic rings. The van der Waals surface area contributed by atoms with Gasteiger partial charge in [-0.3, -0.25) is 10.1 Å². The van der Waals surface area contributed by atoms with Crippen LogP contribution in [0.4, 0.5) is 15.4 Å². The molecule has 2 N–H and O–H groups in total. The average Bonchev–Trinajstić information content (AvgIpc) is 2.63. The molecule has 0 radical (unpaired) electrons. The minimum Gasteiger partial charge on any atom is -0.450 e. The summed E-state index contributed by atoms with van der Waals surface area (Å²) in [4.78, 5) is 41.2. The van der Waals surface area contributed by atoms with Gasteiger partial charge in [-0.1, -0.05) is 6.07 Å². The van der Waals surface area contributed by atoms with E-state index in [1.807, 2.05) is 0 Å². The second-order valence-electron chi connectivity index (χ2n) is 5.69. The Balaban J connectivity index is 1.86. The molecule has 2 rings (SSSR count). The molecule has 1 saturated heterocycles. The smallest absolute Gasteiger partial charge is 0.412 e. The first kappa shape index (κ1) is 19.5. The van der Waals surface area contributed by atoms with Crippen molar-refractivity contribution in [3.05, 3.63) is 23.9 Å². The molecule has 26 heavy (non-hydrogen) atoms. The Labute approximate surface area is 152 Å². The van der Waals surface area contributed by atoms with Crippen LogP contribution in [-0.4, -0.2) is 60.3 Å². The lowest BCUT2D eigenvalue weighted by Gasteiger charge is -2.31. The fourth-order valence-corrected chi connectivity index (χ4v) is 2.58. The molecule has 1 fully saturated rings. The molecule has 2 heterocycles. The first-order valence-corrected chi connectivity index (χ1v) is 8.66. The summed E-state index contributed by atoms with van der Waals surface area (Å²) in [5.74, 6) is -0.0830. The quantitative estimate of drug-likeness (QED) is 0.827. The van der Waals surface area contributed by atoms with E-state index in [-0.39, 0.29) is 36.2 Å². The van der Waals surface area contributed by atoms with E-state index >= 15 is 0 Å². The van der Waals surface area contributed by atoms with Crippen molar-refractivity contribution in [2.45, 2.75) is 32.7 Å². The molecule has 0 spiro atoms. The monoisotopic (exact) mass is 364 g/mol. The molecule has 0 unspecified atom stereocenters. The number of hydrogen-bond donors (Lipinski definition) is 2. The van der Waals surface area contributed by atoms with Gasteiger partial charge < -0.3 is 19.7 Å². The number of pyridine rings is 1. The lowest BCUT2D eigenvalue weighted by atomic mass is 10.1. The van der Waals surface area contributed by atoms with Crippen LogP contribution in [0.1, 0.15) is 37.2 Å². The number of hydrogen-bond acceptors (Lipinski definition) is 6. The van der Waals surface area contributed by atoms with Gasteiger partial charge in [-0.2, -0.15) is 0 Å². The first-order chi connectivity index (χ1) is 12.5. The Morgan fingerprint density at radius 1 is 1.15 bits per heavy atom. The number of likely N-dealkylation sites (tertiary alicyclic amines) is 1. The zero-order valence-corrected chi connectivity index (χ0v) is 15.0. The predicted molar refractivity (Wildman–Crippen MR) is 94.0 cm³/mol. The van der Waals surface area contributed by atoms with Gasteiger partial charge in [0.25, 0.3) is 5.91 Å². The number of ether oxygens (including phenoxy) is 2. The van der Waals surface area contributed by atoms with E-state index < -0.39 is 6.09 Å². The predicted octanol–water partition coefficient (Wildman–Crippen LogP) is 2.00. The highest BCUT2D eigenvalue weighted by Crippen LogP contribution is 2.13. The molecule has 0 bridgehead atoms. The number of amides is 3. The Kier molecular flexibility index (Phi) is 7.19. The Bertz CT molecular complexity index is 644. The van der Waals surface area contributed by atoms with Crippen LogP contribution in [0.2, 0.25) is 0 Å². The summed E-state index contributed by atoms with van der Waals surface area (Å²) in [6.07, 6.45) is 0.344. The number of nitrogens with zero attached hydrogens (tertiary/aromatic N) is 2. The van der Waals surface area contributed by atoms with Gasteiger partial charge in [0.2, 0.25) is 0 Å². The third-order valence-corrected chi connectivity index (χ3v) is 3.84. The van der Waals surface area contributed by atoms with E-state index in [4.69, 9.17) is 9.47 Å². The molecule has 1 aromatic heterocycles. The molecule has 0 saturated carbocycles. The van der Waals surface area contributed by atoms with Crippen LogP contribution in [0, 0.1) is 0 Å². The van der Waals surface area contributed by atoms with Crippen molar-refractivity contribution < 1.29 is 23.9 Å². The van der Waals surface area contributed by atoms with Crippen molar-refractivity contribution in [1.82, 2.24) is 15.2 Å². The zero-order valence-electron chi connectivity index (χ0n) is 15.0. The van der Waals surface area contributed by atoms with Gasteiger partial charge in [0, 0.05) is 19.1 Å². The van der Waals surface area contributed by atoms with Crippen LogP contribution in [0.25, 0.3) is 0 Å². The van der Waals surface area contributed by atoms with Gasteiger partial charge in [-0.15, -0.1) is 0 Å². The first-order valence-electron chi connectivity index (χ1n) is 8.66. The Hall–Kier alpha value is -2.84. The number of carbonyl (C=O) groups excluding carboxylic acids is 3. The molecular weight excluding hydrogens is 340 g/mol. The van der Waals surface area contributed by atoms with E-state index in [2.05, 4.69) is 15.6 Å². The van der Waals surface area contributed by atoms with Gasteiger partial charge in [0.05, 0.1) is 13.2 Å². The van der Waals surface area contributed by atoms with E-state index in [1.165, 1.54) is 0 Å². The van der Waals surface area contributed by atoms with Crippen molar-refractivity contribution in [3.8, 4) is 0 Å². The Morgan fingerprint density at radius 3 is 2.50 bits per heavy atom. The average molecular weight is 364 g/mol. The van der Waals surface area contributed by atoms with Crippen molar-refractivity contribution in [1.29, 1.82) is 0 Å². The third kappa shape index (κ3) is 5.61. The topological polar surface area (TPSA) is 110 Å². The fourth-order valence-electron chi connectivity index (χ4n) is 2.58. The molecule has 1 aliphatic rings. The van der Waals surface area contributed by atoms with Crippen LogP contribution < -0.4 is 10.6 Å². The number of rotatable bonds is 5. The molecule has 3 amide bonds. The van der Waals surface area contributed by atoms with Gasteiger partial charge in [-0.25, -0.2) is 14.6 Å². The van der Waals surface area contributed by atoms with E-state index in [9.17, 15) is 14.4 Å². The highest BCUT2D eigenvalue weighted by atomic mass is 16.6. The summed E-state index contributed by atoms with van der Waals surface area (Å²) in [6.45, 7) is 5.12. The fraction of sp³-hybridized carbons (Fsp3) is 0.529.